The first kappa shape index (κ1) is 19.3. The summed E-state index contributed by atoms with van der Waals surface area (Å²) in [5, 5.41) is 23.7. The molecule has 2 aromatic carbocycles. The highest BCUT2D eigenvalue weighted by molar-refractivity contribution is 7.19. The van der Waals surface area contributed by atoms with Crippen molar-refractivity contribution in [2.75, 3.05) is 5.32 Å². The Morgan fingerprint density at radius 1 is 1.23 bits per heavy atom. The molecule has 0 radical (unpaired) electrons. The molecule has 0 spiro atoms. The van der Waals surface area contributed by atoms with Gasteiger partial charge in [-0.05, 0) is 12.1 Å². The molecule has 2 heterocycles. The van der Waals surface area contributed by atoms with Gasteiger partial charge in [0.1, 0.15) is 0 Å². The Labute approximate surface area is 174 Å². The van der Waals surface area contributed by atoms with Gasteiger partial charge in [0.15, 0.2) is 16.7 Å². The van der Waals surface area contributed by atoms with Crippen LogP contribution in [0.5, 0.6) is 5.75 Å². The summed E-state index contributed by atoms with van der Waals surface area (Å²) in [7, 11) is 1.87. The zero-order chi connectivity index (χ0) is 21.3. The fraction of sp³-hybridized carbons (Fsp3) is 0.0500. The van der Waals surface area contributed by atoms with Crippen LogP contribution in [0, 0.1) is 10.1 Å². The fourth-order valence-corrected chi connectivity index (χ4v) is 3.91. The number of phenolic OH excluding ortho intramolecular Hbond substituents is 1. The van der Waals surface area contributed by atoms with Gasteiger partial charge >= 0.3 is 5.69 Å². The number of nitrogens with one attached hydrogen (secondary N) is 1. The molecular formula is C20H15N5O4S. The molecule has 30 heavy (non-hydrogen) atoms. The molecule has 4 aromatic rings. The van der Waals surface area contributed by atoms with Gasteiger partial charge in [-0.2, -0.15) is 0 Å². The smallest absolute Gasteiger partial charge is 0.310 e. The second-order valence-electron chi connectivity index (χ2n) is 6.34. The quantitative estimate of drug-likeness (QED) is 0.370. The van der Waals surface area contributed by atoms with Crippen molar-refractivity contribution < 1.29 is 14.8 Å². The number of rotatable bonds is 5. The minimum absolute atomic E-state index is 0.0769. The van der Waals surface area contributed by atoms with Crippen LogP contribution in [0.3, 0.4) is 0 Å². The Bertz CT molecular complexity index is 1250. The number of anilines is 1. The van der Waals surface area contributed by atoms with Crippen molar-refractivity contribution in [1.82, 2.24) is 14.5 Å². The maximum Gasteiger partial charge on any atom is 0.310 e. The van der Waals surface area contributed by atoms with Gasteiger partial charge in [-0.25, -0.2) is 9.97 Å². The van der Waals surface area contributed by atoms with E-state index in [1.54, 1.807) is 6.20 Å². The number of hydrogen-bond acceptors (Lipinski definition) is 7. The number of imidazole rings is 1. The first-order chi connectivity index (χ1) is 14.4. The number of aromatic nitrogens is 3. The zero-order valence-corrected chi connectivity index (χ0v) is 16.5. The molecule has 10 heteroatoms. The monoisotopic (exact) mass is 421 g/mol. The van der Waals surface area contributed by atoms with E-state index in [9.17, 15) is 20.0 Å². The molecule has 0 aliphatic heterocycles. The molecule has 1 amide bonds. The molecule has 0 saturated carbocycles. The Balaban J connectivity index is 1.69. The first-order valence-corrected chi connectivity index (χ1v) is 9.58. The third-order valence-electron chi connectivity index (χ3n) is 4.35. The number of nitrogens with zero attached hydrogens (tertiary/aromatic N) is 4. The van der Waals surface area contributed by atoms with E-state index in [1.165, 1.54) is 17.4 Å². The summed E-state index contributed by atoms with van der Waals surface area (Å²) in [5.41, 5.74) is 1.16. The topological polar surface area (TPSA) is 123 Å². The average molecular weight is 421 g/mol. The van der Waals surface area contributed by atoms with Gasteiger partial charge in [-0.15, -0.1) is 0 Å². The highest BCUT2D eigenvalue weighted by atomic mass is 32.1. The summed E-state index contributed by atoms with van der Waals surface area (Å²) in [4.78, 5) is 32.5. The minimum Gasteiger partial charge on any atom is -0.502 e. The third-order valence-corrected chi connectivity index (χ3v) is 5.32. The Morgan fingerprint density at radius 2 is 2.00 bits per heavy atom. The van der Waals surface area contributed by atoms with Crippen LogP contribution in [0.25, 0.3) is 22.0 Å². The Kier molecular flexibility index (Phi) is 4.98. The van der Waals surface area contributed by atoms with Crippen molar-refractivity contribution in [3.63, 3.8) is 0 Å². The number of aromatic hydroxyl groups is 1. The number of carbonyl (C=O) groups excluding carboxylic acids is 1. The van der Waals surface area contributed by atoms with Gasteiger partial charge in [0, 0.05) is 36.6 Å². The van der Waals surface area contributed by atoms with E-state index in [0.29, 0.717) is 16.6 Å². The van der Waals surface area contributed by atoms with Crippen LogP contribution in [0.1, 0.15) is 10.4 Å². The number of aryl methyl sites for hydroxylation is 1. The van der Waals surface area contributed by atoms with Gasteiger partial charge in [0.05, 0.1) is 15.5 Å². The van der Waals surface area contributed by atoms with Crippen LogP contribution >= 0.6 is 11.3 Å². The number of hydrogen-bond donors (Lipinski definition) is 2. The molecule has 0 fully saturated rings. The van der Waals surface area contributed by atoms with Gasteiger partial charge in [-0.1, -0.05) is 41.7 Å². The first-order valence-electron chi connectivity index (χ1n) is 8.76. The number of nitro benzene ring substituents is 1. The molecule has 0 atom stereocenters. The van der Waals surface area contributed by atoms with Crippen LogP contribution in [-0.4, -0.2) is 30.5 Å². The molecule has 4 rings (SSSR count). The summed E-state index contributed by atoms with van der Waals surface area (Å²) in [6, 6.07) is 12.9. The summed E-state index contributed by atoms with van der Waals surface area (Å²) < 4.78 is 1.86. The molecule has 0 aliphatic rings. The molecule has 2 aromatic heterocycles. The number of benzene rings is 2. The van der Waals surface area contributed by atoms with Crippen molar-refractivity contribution in [3.8, 4) is 27.7 Å². The van der Waals surface area contributed by atoms with E-state index in [2.05, 4.69) is 15.3 Å². The van der Waals surface area contributed by atoms with Crippen molar-refractivity contribution in [1.29, 1.82) is 0 Å². The van der Waals surface area contributed by atoms with Gasteiger partial charge in [-0.3, -0.25) is 20.2 Å². The highest BCUT2D eigenvalue weighted by Gasteiger charge is 2.21. The fourth-order valence-electron chi connectivity index (χ4n) is 2.89. The van der Waals surface area contributed by atoms with Gasteiger partial charge in [0.2, 0.25) is 0 Å². The largest absolute Gasteiger partial charge is 0.502 e. The lowest BCUT2D eigenvalue weighted by atomic mass is 10.1. The van der Waals surface area contributed by atoms with Crippen LogP contribution in [-0.2, 0) is 7.05 Å². The normalized spacial score (nSPS) is 10.7. The number of carbonyl (C=O) groups is 1. The van der Waals surface area contributed by atoms with Crippen molar-refractivity contribution in [2.24, 2.45) is 7.05 Å². The van der Waals surface area contributed by atoms with Gasteiger partial charge < -0.3 is 9.67 Å². The number of phenols is 1. The van der Waals surface area contributed by atoms with E-state index in [1.807, 2.05) is 48.1 Å². The molecule has 9 nitrogen and oxygen atoms in total. The van der Waals surface area contributed by atoms with Crippen LogP contribution in [0.2, 0.25) is 0 Å². The Morgan fingerprint density at radius 3 is 2.63 bits per heavy atom. The average Bonchev–Trinajstić information content (AvgIpc) is 3.34. The predicted molar refractivity (Wildman–Crippen MR) is 112 cm³/mol. The van der Waals surface area contributed by atoms with Crippen molar-refractivity contribution in [2.45, 2.75) is 0 Å². The molecule has 150 valence electrons. The van der Waals surface area contributed by atoms with Crippen LogP contribution in [0.15, 0.2) is 60.9 Å². The second-order valence-corrected chi connectivity index (χ2v) is 7.34. The van der Waals surface area contributed by atoms with E-state index in [4.69, 9.17) is 0 Å². The molecular weight excluding hydrogens is 406 g/mol. The lowest BCUT2D eigenvalue weighted by Gasteiger charge is -2.03. The number of amides is 1. The summed E-state index contributed by atoms with van der Waals surface area (Å²) in [6.45, 7) is 0. The second kappa shape index (κ2) is 7.76. The standard InChI is InChI=1S/C20H15N5O4S/c1-24-10-9-21-18(24)17-16(12-5-3-2-4-6-12)22-20(30-17)23-19(27)13-7-8-14(25(28)29)15(26)11-13/h2-11,26H,1H3,(H,22,23,27). The van der Waals surface area contributed by atoms with Crippen LogP contribution in [0.4, 0.5) is 10.8 Å². The minimum atomic E-state index is -0.719. The van der Waals surface area contributed by atoms with Crippen molar-refractivity contribution >= 4 is 28.1 Å². The molecule has 0 bridgehead atoms. The molecule has 0 saturated heterocycles. The maximum absolute atomic E-state index is 12.6. The van der Waals surface area contributed by atoms with E-state index < -0.39 is 22.3 Å². The van der Waals surface area contributed by atoms with E-state index >= 15 is 0 Å². The zero-order valence-electron chi connectivity index (χ0n) is 15.6. The van der Waals surface area contributed by atoms with Gasteiger partial charge in [0.25, 0.3) is 5.91 Å². The van der Waals surface area contributed by atoms with E-state index in [-0.39, 0.29) is 5.56 Å². The highest BCUT2D eigenvalue weighted by Crippen LogP contribution is 2.38. The molecule has 0 aliphatic carbocycles. The SMILES string of the molecule is Cn1ccnc1-c1sc(NC(=O)c2ccc([N+](=O)[O-])c(O)c2)nc1-c1ccccc1. The summed E-state index contributed by atoms with van der Waals surface area (Å²) in [6.07, 6.45) is 3.50. The third kappa shape index (κ3) is 3.63. The number of thiazole rings is 1. The van der Waals surface area contributed by atoms with Crippen molar-refractivity contribution in [3.05, 3.63) is 76.6 Å². The lowest BCUT2D eigenvalue weighted by Crippen LogP contribution is -2.11. The summed E-state index contributed by atoms with van der Waals surface area (Å²) in [5.74, 6) is -0.412. The maximum atomic E-state index is 12.6. The number of nitro groups is 1. The predicted octanol–water partition coefficient (Wildman–Crippen LogP) is 4.08. The summed E-state index contributed by atoms with van der Waals surface area (Å²) >= 11 is 1.26. The van der Waals surface area contributed by atoms with Crippen LogP contribution < -0.4 is 5.32 Å². The molecule has 2 N–H and O–H groups in total. The lowest BCUT2D eigenvalue weighted by molar-refractivity contribution is -0.385. The van der Waals surface area contributed by atoms with E-state index in [0.717, 1.165) is 22.6 Å². The Hall–Kier alpha value is -4.05. The molecule has 0 unspecified atom stereocenters.